The first-order valence-corrected chi connectivity index (χ1v) is 12.0. The number of anilines is 3. The Hall–Kier alpha value is -3.45. The lowest BCUT2D eigenvalue weighted by molar-refractivity contribution is -0.120. The quantitative estimate of drug-likeness (QED) is 0.621. The predicted molar refractivity (Wildman–Crippen MR) is 135 cm³/mol. The van der Waals surface area contributed by atoms with Gasteiger partial charge in [-0.05, 0) is 49.6 Å². The molecule has 0 radical (unpaired) electrons. The van der Waals surface area contributed by atoms with E-state index in [1.165, 1.54) is 5.56 Å². The molecule has 7 heteroatoms. The monoisotopic (exact) mass is 457 g/mol. The zero-order valence-corrected chi connectivity index (χ0v) is 19.6. The highest BCUT2D eigenvalue weighted by molar-refractivity contribution is 5.93. The summed E-state index contributed by atoms with van der Waals surface area (Å²) in [6.45, 7) is 6.88. The fourth-order valence-electron chi connectivity index (χ4n) is 4.57. The van der Waals surface area contributed by atoms with E-state index in [0.717, 1.165) is 68.2 Å². The van der Waals surface area contributed by atoms with Gasteiger partial charge >= 0.3 is 0 Å². The molecular formula is C27H31N5O2. The van der Waals surface area contributed by atoms with Crippen LogP contribution in [-0.4, -0.2) is 55.3 Å². The Morgan fingerprint density at radius 3 is 2.32 bits per heavy atom. The van der Waals surface area contributed by atoms with Gasteiger partial charge in [0.2, 0.25) is 11.9 Å². The number of benzene rings is 2. The Kier molecular flexibility index (Phi) is 6.72. The van der Waals surface area contributed by atoms with Crippen molar-refractivity contribution in [2.24, 2.45) is 5.92 Å². The van der Waals surface area contributed by atoms with Crippen LogP contribution in [0, 0.1) is 12.8 Å². The molecule has 3 heterocycles. The molecule has 0 saturated carbocycles. The topological polar surface area (TPSA) is 70.6 Å². The average Bonchev–Trinajstić information content (AvgIpc) is 2.90. The van der Waals surface area contributed by atoms with Crippen molar-refractivity contribution >= 4 is 23.2 Å². The zero-order chi connectivity index (χ0) is 23.3. The smallest absolute Gasteiger partial charge is 0.229 e. The molecule has 0 bridgehead atoms. The van der Waals surface area contributed by atoms with Crippen molar-refractivity contribution in [3.8, 4) is 11.1 Å². The number of morpholine rings is 1. The molecule has 0 spiro atoms. The van der Waals surface area contributed by atoms with Crippen LogP contribution in [0.3, 0.4) is 0 Å². The molecule has 2 aliphatic rings. The van der Waals surface area contributed by atoms with E-state index in [9.17, 15) is 4.79 Å². The maximum atomic E-state index is 13.0. The number of aryl methyl sites for hydroxylation is 1. The largest absolute Gasteiger partial charge is 0.378 e. The lowest BCUT2D eigenvalue weighted by Gasteiger charge is -2.32. The second kappa shape index (κ2) is 10.2. The van der Waals surface area contributed by atoms with Crippen LogP contribution in [0.1, 0.15) is 18.4 Å². The normalized spacial score (nSPS) is 18.6. The fraction of sp³-hybridized carbons (Fsp3) is 0.370. The minimum absolute atomic E-state index is 0.0556. The van der Waals surface area contributed by atoms with Crippen molar-refractivity contribution in [1.82, 2.24) is 9.97 Å². The van der Waals surface area contributed by atoms with Crippen LogP contribution < -0.4 is 15.1 Å². The van der Waals surface area contributed by atoms with Crippen LogP contribution in [-0.2, 0) is 9.53 Å². The minimum Gasteiger partial charge on any atom is -0.378 e. The van der Waals surface area contributed by atoms with Crippen LogP contribution in [0.4, 0.5) is 17.3 Å². The van der Waals surface area contributed by atoms with E-state index in [4.69, 9.17) is 4.74 Å². The number of nitrogens with one attached hydrogen (secondary N) is 1. The third-order valence-corrected chi connectivity index (χ3v) is 6.61. The molecule has 1 atom stereocenters. The van der Waals surface area contributed by atoms with Gasteiger partial charge in [0.25, 0.3) is 0 Å². The summed E-state index contributed by atoms with van der Waals surface area (Å²) in [7, 11) is 0. The Labute approximate surface area is 200 Å². The van der Waals surface area contributed by atoms with Crippen LogP contribution in [0.25, 0.3) is 11.1 Å². The first-order valence-electron chi connectivity index (χ1n) is 12.0. The van der Waals surface area contributed by atoms with Gasteiger partial charge in [-0.1, -0.05) is 29.8 Å². The third kappa shape index (κ3) is 5.20. The Balaban J connectivity index is 1.19. The number of nitrogens with zero attached hydrogens (tertiary/aromatic N) is 4. The van der Waals surface area contributed by atoms with Gasteiger partial charge in [0.05, 0.1) is 19.1 Å². The lowest BCUT2D eigenvalue weighted by Crippen LogP contribution is -2.41. The number of piperidine rings is 1. The van der Waals surface area contributed by atoms with E-state index in [1.807, 2.05) is 24.5 Å². The standard InChI is InChI=1S/C27H31N5O2/c1-20-4-6-21(7-5-20)23-17-28-27(29-18-23)32-12-2-3-22(19-32)26(33)30-24-8-10-25(11-9-24)31-13-15-34-16-14-31/h4-11,17-18,22H,2-3,12-16,19H2,1H3,(H,30,33)/t22-/m1/s1. The number of carbonyl (C=O) groups excluding carboxylic acids is 1. The van der Waals surface area contributed by atoms with E-state index < -0.39 is 0 Å². The summed E-state index contributed by atoms with van der Waals surface area (Å²) >= 11 is 0. The molecule has 1 amide bonds. The van der Waals surface area contributed by atoms with Crippen LogP contribution >= 0.6 is 0 Å². The predicted octanol–water partition coefficient (Wildman–Crippen LogP) is 4.14. The van der Waals surface area contributed by atoms with E-state index in [1.54, 1.807) is 0 Å². The number of carbonyl (C=O) groups is 1. The molecule has 0 aliphatic carbocycles. The summed E-state index contributed by atoms with van der Waals surface area (Å²) < 4.78 is 5.42. The molecule has 2 aliphatic heterocycles. The summed E-state index contributed by atoms with van der Waals surface area (Å²) in [5.74, 6) is 0.649. The van der Waals surface area contributed by atoms with Crippen LogP contribution in [0.15, 0.2) is 60.9 Å². The molecule has 1 N–H and O–H groups in total. The molecule has 2 aromatic carbocycles. The average molecular weight is 458 g/mol. The fourth-order valence-corrected chi connectivity index (χ4v) is 4.57. The highest BCUT2D eigenvalue weighted by Crippen LogP contribution is 2.25. The molecule has 2 saturated heterocycles. The molecule has 34 heavy (non-hydrogen) atoms. The lowest BCUT2D eigenvalue weighted by atomic mass is 9.97. The van der Waals surface area contributed by atoms with Gasteiger partial charge < -0.3 is 19.9 Å². The summed E-state index contributed by atoms with van der Waals surface area (Å²) in [6.07, 6.45) is 5.55. The van der Waals surface area contributed by atoms with Crippen molar-refractivity contribution < 1.29 is 9.53 Å². The summed E-state index contributed by atoms with van der Waals surface area (Å²) in [5.41, 5.74) is 5.32. The second-order valence-corrected chi connectivity index (χ2v) is 9.06. The molecule has 3 aromatic rings. The molecule has 176 valence electrons. The minimum atomic E-state index is -0.0898. The van der Waals surface area contributed by atoms with Gasteiger partial charge in [-0.2, -0.15) is 0 Å². The number of amides is 1. The zero-order valence-electron chi connectivity index (χ0n) is 19.6. The summed E-state index contributed by atoms with van der Waals surface area (Å²) in [6, 6.07) is 16.5. The molecule has 7 nitrogen and oxygen atoms in total. The molecule has 5 rings (SSSR count). The van der Waals surface area contributed by atoms with Gasteiger partial charge in [0.15, 0.2) is 0 Å². The van der Waals surface area contributed by atoms with Crippen molar-refractivity contribution in [2.45, 2.75) is 19.8 Å². The summed E-state index contributed by atoms with van der Waals surface area (Å²) in [5, 5.41) is 3.10. The van der Waals surface area contributed by atoms with Gasteiger partial charge in [-0.25, -0.2) is 9.97 Å². The van der Waals surface area contributed by atoms with Gasteiger partial charge in [0, 0.05) is 55.5 Å². The van der Waals surface area contributed by atoms with E-state index >= 15 is 0 Å². The molecule has 1 aromatic heterocycles. The van der Waals surface area contributed by atoms with E-state index in [2.05, 4.69) is 68.4 Å². The van der Waals surface area contributed by atoms with Gasteiger partial charge in [-0.15, -0.1) is 0 Å². The van der Waals surface area contributed by atoms with Crippen molar-refractivity contribution in [3.63, 3.8) is 0 Å². The Bertz CT molecular complexity index is 1090. The maximum Gasteiger partial charge on any atom is 0.229 e. The second-order valence-electron chi connectivity index (χ2n) is 9.06. The first kappa shape index (κ1) is 22.3. The third-order valence-electron chi connectivity index (χ3n) is 6.61. The van der Waals surface area contributed by atoms with Crippen LogP contribution in [0.2, 0.25) is 0 Å². The van der Waals surface area contributed by atoms with Crippen molar-refractivity contribution in [3.05, 3.63) is 66.5 Å². The Morgan fingerprint density at radius 2 is 1.62 bits per heavy atom. The van der Waals surface area contributed by atoms with Gasteiger partial charge in [0.1, 0.15) is 0 Å². The van der Waals surface area contributed by atoms with Crippen molar-refractivity contribution in [1.29, 1.82) is 0 Å². The highest BCUT2D eigenvalue weighted by atomic mass is 16.5. The SMILES string of the molecule is Cc1ccc(-c2cnc(N3CCC[C@@H](C(=O)Nc4ccc(N5CCOCC5)cc4)C3)nc2)cc1. The number of rotatable bonds is 5. The number of aromatic nitrogens is 2. The number of hydrogen-bond acceptors (Lipinski definition) is 6. The highest BCUT2D eigenvalue weighted by Gasteiger charge is 2.27. The first-order chi connectivity index (χ1) is 16.7. The maximum absolute atomic E-state index is 13.0. The van der Waals surface area contributed by atoms with Gasteiger partial charge in [-0.3, -0.25) is 4.79 Å². The number of ether oxygens (including phenoxy) is 1. The van der Waals surface area contributed by atoms with Crippen molar-refractivity contribution in [2.75, 3.05) is 54.5 Å². The summed E-state index contributed by atoms with van der Waals surface area (Å²) in [4.78, 5) is 26.6. The molecule has 0 unspecified atom stereocenters. The molecular weight excluding hydrogens is 426 g/mol. The number of hydrogen-bond donors (Lipinski definition) is 1. The Morgan fingerprint density at radius 1 is 0.912 bits per heavy atom. The van der Waals surface area contributed by atoms with E-state index in [-0.39, 0.29) is 11.8 Å². The molecule has 2 fully saturated rings. The van der Waals surface area contributed by atoms with E-state index in [0.29, 0.717) is 12.5 Å². The van der Waals surface area contributed by atoms with Crippen LogP contribution in [0.5, 0.6) is 0 Å².